The standard InChI is InChI=1S/C19H26N4/c1-5-11-20-19-21-14(3)13(2)18(22-19)23-12-10-16-8-6-7-9-17(16)15(23)4/h6-9,15H,5,10-12H2,1-4H3,(H,20,21,22). The van der Waals surface area contributed by atoms with Crippen LogP contribution in [0.5, 0.6) is 0 Å². The van der Waals surface area contributed by atoms with Crippen molar-refractivity contribution < 1.29 is 0 Å². The van der Waals surface area contributed by atoms with E-state index in [1.807, 2.05) is 0 Å². The average molecular weight is 310 g/mol. The Kier molecular flexibility index (Phi) is 4.51. The molecule has 1 unspecified atom stereocenters. The second-order valence-electron chi connectivity index (χ2n) is 6.33. The highest BCUT2D eigenvalue weighted by atomic mass is 15.3. The summed E-state index contributed by atoms with van der Waals surface area (Å²) in [6.45, 7) is 10.5. The van der Waals surface area contributed by atoms with Crippen molar-refractivity contribution in [3.8, 4) is 0 Å². The highest BCUT2D eigenvalue weighted by Gasteiger charge is 2.26. The highest BCUT2D eigenvalue weighted by Crippen LogP contribution is 2.34. The summed E-state index contributed by atoms with van der Waals surface area (Å²) in [6, 6.07) is 9.09. The van der Waals surface area contributed by atoms with Gasteiger partial charge in [0.25, 0.3) is 0 Å². The van der Waals surface area contributed by atoms with Crippen LogP contribution in [0.2, 0.25) is 0 Å². The van der Waals surface area contributed by atoms with Crippen LogP contribution in [0.3, 0.4) is 0 Å². The lowest BCUT2D eigenvalue weighted by molar-refractivity contribution is 0.614. The second kappa shape index (κ2) is 6.57. The molecule has 122 valence electrons. The predicted molar refractivity (Wildman–Crippen MR) is 96.2 cm³/mol. The van der Waals surface area contributed by atoms with Gasteiger partial charge in [-0.1, -0.05) is 31.2 Å². The zero-order valence-corrected chi connectivity index (χ0v) is 14.6. The first-order chi connectivity index (χ1) is 11.1. The molecule has 4 heteroatoms. The van der Waals surface area contributed by atoms with E-state index in [4.69, 9.17) is 4.98 Å². The van der Waals surface area contributed by atoms with Crippen molar-refractivity contribution >= 4 is 11.8 Å². The maximum absolute atomic E-state index is 4.82. The molecular formula is C19H26N4. The van der Waals surface area contributed by atoms with E-state index in [0.717, 1.165) is 43.4 Å². The van der Waals surface area contributed by atoms with Gasteiger partial charge in [0, 0.05) is 24.3 Å². The Hall–Kier alpha value is -2.10. The van der Waals surface area contributed by atoms with Gasteiger partial charge in [0.1, 0.15) is 5.82 Å². The number of nitrogens with zero attached hydrogens (tertiary/aromatic N) is 3. The summed E-state index contributed by atoms with van der Waals surface area (Å²) in [6.07, 6.45) is 2.14. The Morgan fingerprint density at radius 1 is 1.22 bits per heavy atom. The van der Waals surface area contributed by atoms with Crippen molar-refractivity contribution in [2.75, 3.05) is 23.3 Å². The monoisotopic (exact) mass is 310 g/mol. The molecule has 0 fully saturated rings. The molecule has 2 heterocycles. The number of nitrogens with one attached hydrogen (secondary N) is 1. The smallest absolute Gasteiger partial charge is 0.224 e. The van der Waals surface area contributed by atoms with E-state index in [1.54, 1.807) is 0 Å². The Balaban J connectivity index is 1.97. The van der Waals surface area contributed by atoms with Gasteiger partial charge in [0.15, 0.2) is 0 Å². The molecule has 2 aromatic rings. The molecule has 3 rings (SSSR count). The quantitative estimate of drug-likeness (QED) is 0.925. The molecule has 0 amide bonds. The Labute approximate surface area is 139 Å². The minimum absolute atomic E-state index is 0.340. The third kappa shape index (κ3) is 3.03. The maximum atomic E-state index is 4.82. The fraction of sp³-hybridized carbons (Fsp3) is 0.474. The largest absolute Gasteiger partial charge is 0.354 e. The summed E-state index contributed by atoms with van der Waals surface area (Å²) in [7, 11) is 0. The summed E-state index contributed by atoms with van der Waals surface area (Å²) in [4.78, 5) is 11.8. The van der Waals surface area contributed by atoms with Crippen molar-refractivity contribution in [1.82, 2.24) is 9.97 Å². The first kappa shape index (κ1) is 15.8. The number of aryl methyl sites for hydroxylation is 1. The van der Waals surface area contributed by atoms with E-state index < -0.39 is 0 Å². The average Bonchev–Trinajstić information content (AvgIpc) is 2.57. The third-order valence-electron chi connectivity index (χ3n) is 4.76. The summed E-state index contributed by atoms with van der Waals surface area (Å²) < 4.78 is 0. The molecule has 0 bridgehead atoms. The second-order valence-corrected chi connectivity index (χ2v) is 6.33. The van der Waals surface area contributed by atoms with Gasteiger partial charge in [-0.05, 0) is 44.7 Å². The van der Waals surface area contributed by atoms with E-state index in [9.17, 15) is 0 Å². The van der Waals surface area contributed by atoms with Gasteiger partial charge in [-0.3, -0.25) is 0 Å². The number of hydrogen-bond donors (Lipinski definition) is 1. The molecule has 0 saturated heterocycles. The van der Waals surface area contributed by atoms with Gasteiger partial charge in [0.05, 0.1) is 6.04 Å². The molecule has 1 N–H and O–H groups in total. The summed E-state index contributed by atoms with van der Waals surface area (Å²) >= 11 is 0. The Morgan fingerprint density at radius 3 is 2.78 bits per heavy atom. The van der Waals surface area contributed by atoms with Crippen LogP contribution in [0, 0.1) is 13.8 Å². The van der Waals surface area contributed by atoms with Crippen molar-refractivity contribution in [1.29, 1.82) is 0 Å². The fourth-order valence-electron chi connectivity index (χ4n) is 3.27. The van der Waals surface area contributed by atoms with Crippen molar-refractivity contribution in [3.63, 3.8) is 0 Å². The van der Waals surface area contributed by atoms with Gasteiger partial charge in [0.2, 0.25) is 5.95 Å². The topological polar surface area (TPSA) is 41.1 Å². The van der Waals surface area contributed by atoms with E-state index in [-0.39, 0.29) is 0 Å². The van der Waals surface area contributed by atoms with Crippen molar-refractivity contribution in [3.05, 3.63) is 46.6 Å². The zero-order chi connectivity index (χ0) is 16.4. The van der Waals surface area contributed by atoms with Crippen molar-refractivity contribution in [2.24, 2.45) is 0 Å². The molecule has 1 aromatic carbocycles. The minimum Gasteiger partial charge on any atom is -0.354 e. The van der Waals surface area contributed by atoms with Crippen LogP contribution in [0.1, 0.15) is 48.7 Å². The molecule has 1 aliphatic heterocycles. The zero-order valence-electron chi connectivity index (χ0n) is 14.6. The fourth-order valence-corrected chi connectivity index (χ4v) is 3.27. The van der Waals surface area contributed by atoms with Crippen LogP contribution in [0.15, 0.2) is 24.3 Å². The molecule has 23 heavy (non-hydrogen) atoms. The number of rotatable bonds is 4. The van der Waals surface area contributed by atoms with Crippen molar-refractivity contribution in [2.45, 2.75) is 46.6 Å². The number of anilines is 2. The van der Waals surface area contributed by atoms with E-state index in [1.165, 1.54) is 16.7 Å². The van der Waals surface area contributed by atoms with Gasteiger partial charge < -0.3 is 10.2 Å². The number of aromatic nitrogens is 2. The summed E-state index contributed by atoms with van der Waals surface area (Å²) in [5.74, 6) is 1.81. The van der Waals surface area contributed by atoms with Gasteiger partial charge in [-0.2, -0.15) is 4.98 Å². The lowest BCUT2D eigenvalue weighted by Crippen LogP contribution is -2.35. The van der Waals surface area contributed by atoms with Gasteiger partial charge in [-0.15, -0.1) is 0 Å². The third-order valence-corrected chi connectivity index (χ3v) is 4.76. The Bertz CT molecular complexity index is 696. The molecule has 1 aliphatic rings. The van der Waals surface area contributed by atoms with Crippen LogP contribution in [-0.4, -0.2) is 23.1 Å². The number of fused-ring (bicyclic) bond motifs is 1. The molecule has 4 nitrogen and oxygen atoms in total. The van der Waals surface area contributed by atoms with Crippen LogP contribution < -0.4 is 10.2 Å². The normalized spacial score (nSPS) is 17.0. The molecule has 1 atom stereocenters. The van der Waals surface area contributed by atoms with Crippen LogP contribution in [0.25, 0.3) is 0 Å². The molecule has 0 radical (unpaired) electrons. The van der Waals surface area contributed by atoms with E-state index >= 15 is 0 Å². The maximum Gasteiger partial charge on any atom is 0.224 e. The SMILES string of the molecule is CCCNc1nc(C)c(C)c(N2CCc3ccccc3C2C)n1. The molecular weight excluding hydrogens is 284 g/mol. The first-order valence-electron chi connectivity index (χ1n) is 8.55. The highest BCUT2D eigenvalue weighted by molar-refractivity contribution is 5.55. The lowest BCUT2D eigenvalue weighted by Gasteiger charge is -2.37. The molecule has 0 spiro atoms. The van der Waals surface area contributed by atoms with Gasteiger partial charge >= 0.3 is 0 Å². The number of benzene rings is 1. The lowest BCUT2D eigenvalue weighted by atomic mass is 9.93. The first-order valence-corrected chi connectivity index (χ1v) is 8.55. The summed E-state index contributed by atoms with van der Waals surface area (Å²) in [5.41, 5.74) is 5.11. The molecule has 0 saturated carbocycles. The number of hydrogen-bond acceptors (Lipinski definition) is 4. The molecule has 0 aliphatic carbocycles. The minimum atomic E-state index is 0.340. The van der Waals surface area contributed by atoms with Crippen LogP contribution >= 0.6 is 0 Å². The molecule has 1 aromatic heterocycles. The Morgan fingerprint density at radius 2 is 2.00 bits per heavy atom. The summed E-state index contributed by atoms with van der Waals surface area (Å²) in [5, 5.41) is 3.33. The van der Waals surface area contributed by atoms with Gasteiger partial charge in [-0.25, -0.2) is 4.98 Å². The van der Waals surface area contributed by atoms with Crippen LogP contribution in [0.4, 0.5) is 11.8 Å². The van der Waals surface area contributed by atoms with E-state index in [2.05, 4.69) is 67.2 Å². The predicted octanol–water partition coefficient (Wildman–Crippen LogP) is 4.04. The van der Waals surface area contributed by atoms with E-state index in [0.29, 0.717) is 6.04 Å². The van der Waals surface area contributed by atoms with Crippen LogP contribution in [-0.2, 0) is 6.42 Å².